The molecule has 1 saturated carbocycles. The molecule has 142 valence electrons. The minimum atomic E-state index is -0.548. The molecule has 2 aromatic rings. The van der Waals surface area contributed by atoms with Crippen molar-refractivity contribution in [2.75, 3.05) is 10.6 Å². The van der Waals surface area contributed by atoms with Gasteiger partial charge in [0.05, 0.1) is 0 Å². The van der Waals surface area contributed by atoms with Gasteiger partial charge in [-0.25, -0.2) is 4.79 Å². The van der Waals surface area contributed by atoms with Gasteiger partial charge in [-0.1, -0.05) is 28.1 Å². The number of amides is 2. The standard InChI is InChI=1S/C21H23BrN2O3/c1-21(2,3)27-20(26)24-16-9-7-15(8-10-16)23-19(25)18-12-17(18)13-5-4-6-14(22)11-13/h4-11,17-18H,12H2,1-3H3,(H,23,25)(H,24,26). The molecule has 0 bridgehead atoms. The predicted octanol–water partition coefficient (Wildman–Crippen LogP) is 5.54. The summed E-state index contributed by atoms with van der Waals surface area (Å²) in [6.07, 6.45) is 0.356. The largest absolute Gasteiger partial charge is 0.444 e. The van der Waals surface area contributed by atoms with E-state index in [-0.39, 0.29) is 17.7 Å². The van der Waals surface area contributed by atoms with Gasteiger partial charge >= 0.3 is 6.09 Å². The van der Waals surface area contributed by atoms with Crippen molar-refractivity contribution in [3.63, 3.8) is 0 Å². The molecule has 27 heavy (non-hydrogen) atoms. The molecule has 2 aromatic carbocycles. The molecule has 3 rings (SSSR count). The number of carbonyl (C=O) groups is 2. The van der Waals surface area contributed by atoms with Gasteiger partial charge in [-0.3, -0.25) is 10.1 Å². The van der Waals surface area contributed by atoms with Gasteiger partial charge in [0.25, 0.3) is 0 Å². The summed E-state index contributed by atoms with van der Waals surface area (Å²) in [5.74, 6) is 0.294. The monoisotopic (exact) mass is 430 g/mol. The minimum Gasteiger partial charge on any atom is -0.444 e. The molecular formula is C21H23BrN2O3. The fourth-order valence-electron chi connectivity index (χ4n) is 2.88. The van der Waals surface area contributed by atoms with E-state index in [1.54, 1.807) is 24.3 Å². The van der Waals surface area contributed by atoms with Crippen LogP contribution in [0.25, 0.3) is 0 Å². The van der Waals surface area contributed by atoms with Crippen molar-refractivity contribution in [3.05, 3.63) is 58.6 Å². The molecule has 2 N–H and O–H groups in total. The van der Waals surface area contributed by atoms with Crippen molar-refractivity contribution in [1.82, 2.24) is 0 Å². The first-order valence-corrected chi connectivity index (χ1v) is 9.67. The number of ether oxygens (including phenoxy) is 1. The van der Waals surface area contributed by atoms with Gasteiger partial charge in [0.1, 0.15) is 5.60 Å². The topological polar surface area (TPSA) is 67.4 Å². The Morgan fingerprint density at radius 2 is 1.67 bits per heavy atom. The molecule has 5 nitrogen and oxygen atoms in total. The van der Waals surface area contributed by atoms with Gasteiger partial charge in [-0.15, -0.1) is 0 Å². The third kappa shape index (κ3) is 5.57. The second-order valence-corrected chi connectivity index (χ2v) is 8.61. The third-order valence-electron chi connectivity index (χ3n) is 4.20. The summed E-state index contributed by atoms with van der Waals surface area (Å²) >= 11 is 3.47. The number of anilines is 2. The Bertz CT molecular complexity index is 843. The van der Waals surface area contributed by atoms with Crippen molar-refractivity contribution in [1.29, 1.82) is 0 Å². The van der Waals surface area contributed by atoms with Crippen LogP contribution >= 0.6 is 15.9 Å². The number of halogens is 1. The van der Waals surface area contributed by atoms with Crippen LogP contribution in [-0.2, 0) is 9.53 Å². The van der Waals surface area contributed by atoms with E-state index in [0.29, 0.717) is 11.4 Å². The first kappa shape index (κ1) is 19.4. The maximum atomic E-state index is 12.5. The number of hydrogen-bond acceptors (Lipinski definition) is 3. The van der Waals surface area contributed by atoms with Crippen LogP contribution in [0.4, 0.5) is 16.2 Å². The van der Waals surface area contributed by atoms with Crippen LogP contribution in [0.5, 0.6) is 0 Å². The van der Waals surface area contributed by atoms with E-state index in [2.05, 4.69) is 38.7 Å². The molecular weight excluding hydrogens is 408 g/mol. The Morgan fingerprint density at radius 1 is 1.04 bits per heavy atom. The van der Waals surface area contributed by atoms with Crippen LogP contribution in [0.15, 0.2) is 53.0 Å². The average molecular weight is 431 g/mol. The lowest BCUT2D eigenvalue weighted by molar-refractivity contribution is -0.117. The lowest BCUT2D eigenvalue weighted by Gasteiger charge is -2.19. The lowest BCUT2D eigenvalue weighted by Crippen LogP contribution is -2.27. The number of carbonyl (C=O) groups excluding carboxylic acids is 2. The Balaban J connectivity index is 1.53. The van der Waals surface area contributed by atoms with Crippen LogP contribution < -0.4 is 10.6 Å². The van der Waals surface area contributed by atoms with Crippen molar-refractivity contribution in [2.45, 2.75) is 38.7 Å². The summed E-state index contributed by atoms with van der Waals surface area (Å²) < 4.78 is 6.24. The molecule has 2 atom stereocenters. The Hall–Kier alpha value is -2.34. The summed E-state index contributed by atoms with van der Waals surface area (Å²) in [6.45, 7) is 5.43. The van der Waals surface area contributed by atoms with Crippen molar-refractivity contribution in [2.24, 2.45) is 5.92 Å². The molecule has 1 aliphatic carbocycles. The highest BCUT2D eigenvalue weighted by molar-refractivity contribution is 9.10. The second-order valence-electron chi connectivity index (χ2n) is 7.70. The first-order valence-electron chi connectivity index (χ1n) is 8.88. The summed E-state index contributed by atoms with van der Waals surface area (Å²) in [4.78, 5) is 24.2. The normalized spacial score (nSPS) is 18.5. The van der Waals surface area contributed by atoms with Gasteiger partial charge in [0.15, 0.2) is 0 Å². The zero-order chi connectivity index (χ0) is 19.6. The molecule has 0 aliphatic heterocycles. The van der Waals surface area contributed by atoms with Gasteiger partial charge in [0.2, 0.25) is 5.91 Å². The van der Waals surface area contributed by atoms with Crippen molar-refractivity contribution >= 4 is 39.3 Å². The second kappa shape index (κ2) is 7.72. The highest BCUT2D eigenvalue weighted by Crippen LogP contribution is 2.48. The molecule has 0 saturated heterocycles. The van der Waals surface area contributed by atoms with Crippen LogP contribution in [-0.4, -0.2) is 17.6 Å². The Labute approximate surface area is 167 Å². The lowest BCUT2D eigenvalue weighted by atomic mass is 10.1. The molecule has 0 heterocycles. The molecule has 0 spiro atoms. The quantitative estimate of drug-likeness (QED) is 0.668. The van der Waals surface area contributed by atoms with Gasteiger partial charge < -0.3 is 10.1 Å². The SMILES string of the molecule is CC(C)(C)OC(=O)Nc1ccc(NC(=O)C2CC2c2cccc(Br)c2)cc1. The van der Waals surface area contributed by atoms with E-state index < -0.39 is 11.7 Å². The van der Waals surface area contributed by atoms with Gasteiger partial charge in [0, 0.05) is 21.8 Å². The van der Waals surface area contributed by atoms with E-state index >= 15 is 0 Å². The van der Waals surface area contributed by atoms with Crippen LogP contribution in [0.1, 0.15) is 38.7 Å². The summed E-state index contributed by atoms with van der Waals surface area (Å²) in [6, 6.07) is 15.1. The summed E-state index contributed by atoms with van der Waals surface area (Å²) in [5, 5.41) is 5.61. The molecule has 0 radical (unpaired) electrons. The highest BCUT2D eigenvalue weighted by atomic mass is 79.9. The smallest absolute Gasteiger partial charge is 0.412 e. The van der Waals surface area contributed by atoms with E-state index in [1.165, 1.54) is 5.56 Å². The molecule has 2 unspecified atom stereocenters. The van der Waals surface area contributed by atoms with Crippen LogP contribution in [0, 0.1) is 5.92 Å². The number of hydrogen-bond donors (Lipinski definition) is 2. The fourth-order valence-corrected chi connectivity index (χ4v) is 3.30. The maximum Gasteiger partial charge on any atom is 0.412 e. The van der Waals surface area contributed by atoms with Crippen LogP contribution in [0.3, 0.4) is 0 Å². The fraction of sp³-hybridized carbons (Fsp3) is 0.333. The number of nitrogens with one attached hydrogen (secondary N) is 2. The van der Waals surface area contributed by atoms with Crippen molar-refractivity contribution < 1.29 is 14.3 Å². The Morgan fingerprint density at radius 3 is 2.26 bits per heavy atom. The molecule has 2 amide bonds. The minimum absolute atomic E-state index is 0.00105. The van der Waals surface area contributed by atoms with E-state index in [1.807, 2.05) is 32.9 Å². The summed E-state index contributed by atoms with van der Waals surface area (Å²) in [7, 11) is 0. The zero-order valence-corrected chi connectivity index (χ0v) is 17.2. The third-order valence-corrected chi connectivity index (χ3v) is 4.70. The van der Waals surface area contributed by atoms with Crippen molar-refractivity contribution in [3.8, 4) is 0 Å². The van der Waals surface area contributed by atoms with Gasteiger partial charge in [-0.2, -0.15) is 0 Å². The molecule has 1 fully saturated rings. The average Bonchev–Trinajstić information content (AvgIpc) is 3.36. The maximum absolute atomic E-state index is 12.5. The Kier molecular flexibility index (Phi) is 5.56. The van der Waals surface area contributed by atoms with Crippen LogP contribution in [0.2, 0.25) is 0 Å². The number of benzene rings is 2. The van der Waals surface area contributed by atoms with E-state index in [4.69, 9.17) is 4.74 Å². The molecule has 6 heteroatoms. The predicted molar refractivity (Wildman–Crippen MR) is 110 cm³/mol. The highest BCUT2D eigenvalue weighted by Gasteiger charge is 2.43. The zero-order valence-electron chi connectivity index (χ0n) is 15.6. The molecule has 0 aromatic heterocycles. The summed E-state index contributed by atoms with van der Waals surface area (Å²) in [5.41, 5.74) is 1.95. The number of rotatable bonds is 4. The van der Waals surface area contributed by atoms with E-state index in [0.717, 1.165) is 10.9 Å². The van der Waals surface area contributed by atoms with Gasteiger partial charge in [-0.05, 0) is 75.1 Å². The van der Waals surface area contributed by atoms with E-state index in [9.17, 15) is 9.59 Å². The first-order chi connectivity index (χ1) is 12.7. The molecule has 1 aliphatic rings.